The van der Waals surface area contributed by atoms with Gasteiger partial charge in [0.2, 0.25) is 0 Å². The highest BCUT2D eigenvalue weighted by Gasteiger charge is 2.14. The smallest absolute Gasteiger partial charge is 0.508 e. The van der Waals surface area contributed by atoms with Gasteiger partial charge in [0.1, 0.15) is 0 Å². The van der Waals surface area contributed by atoms with Gasteiger partial charge in [0.05, 0.1) is 0 Å². The summed E-state index contributed by atoms with van der Waals surface area (Å²) in [5.41, 5.74) is 0. The van der Waals surface area contributed by atoms with Crippen LogP contribution in [0.15, 0.2) is 18.3 Å². The highest BCUT2D eigenvalue weighted by molar-refractivity contribution is 6.33. The highest BCUT2D eigenvalue weighted by Crippen LogP contribution is 2.12. The molecule has 0 unspecified atom stereocenters. The lowest BCUT2D eigenvalue weighted by Crippen LogP contribution is -2.21. The average molecular weight is 157 g/mol. The summed E-state index contributed by atoms with van der Waals surface area (Å²) in [5, 5.41) is 16.5. The maximum Gasteiger partial charge on any atom is 0.707 e. The maximum atomic E-state index is 12.5. The molecule has 2 N–H and O–H groups in total. The molecule has 0 fully saturated rings. The van der Waals surface area contributed by atoms with Crippen LogP contribution in [0.2, 0.25) is 0 Å². The average Bonchev–Trinajstić information content (AvgIpc) is 1.93. The van der Waals surface area contributed by atoms with Crippen molar-refractivity contribution < 1.29 is 19.1 Å². The van der Waals surface area contributed by atoms with Gasteiger partial charge in [0.15, 0.2) is 5.75 Å². The molecule has 0 aliphatic rings. The molecule has 1 heterocycles. The van der Waals surface area contributed by atoms with Gasteiger partial charge in [-0.1, -0.05) is 0 Å². The van der Waals surface area contributed by atoms with Gasteiger partial charge in [-0.15, -0.1) is 0 Å². The molecule has 0 aliphatic heterocycles. The van der Waals surface area contributed by atoms with Crippen molar-refractivity contribution in [2.24, 2.45) is 0 Å². The minimum atomic E-state index is -2.02. The van der Waals surface area contributed by atoms with Crippen LogP contribution in [0.25, 0.3) is 0 Å². The molecule has 1 aromatic heterocycles. The highest BCUT2D eigenvalue weighted by atomic mass is 19.1. The molecular weight excluding hydrogens is 152 g/mol. The Balaban J connectivity index is 2.78. The Morgan fingerprint density at radius 2 is 2.27 bits per heavy atom. The fraction of sp³-hybridized carbons (Fsp3) is 0. The molecule has 4 nitrogen and oxygen atoms in total. The predicted octanol–water partition coefficient (Wildman–Crippen LogP) is -0.431. The van der Waals surface area contributed by atoms with Crippen molar-refractivity contribution in [1.82, 2.24) is 4.98 Å². The van der Waals surface area contributed by atoms with E-state index in [2.05, 4.69) is 9.64 Å². The molecule has 0 saturated carbocycles. The van der Waals surface area contributed by atoms with Crippen LogP contribution < -0.4 is 4.65 Å². The van der Waals surface area contributed by atoms with Gasteiger partial charge in [-0.25, -0.2) is 4.98 Å². The Morgan fingerprint density at radius 3 is 2.82 bits per heavy atom. The Kier molecular flexibility index (Phi) is 2.40. The Labute approximate surface area is 62.4 Å². The summed E-state index contributed by atoms with van der Waals surface area (Å²) in [7, 11) is -2.02. The quantitative estimate of drug-likeness (QED) is 0.451. The standard InChI is InChI=1S/C5H5BFNO3/c7-5-4(11-6(9)10)2-1-3-8-5/h1-3,9-10H. The Hall–Kier alpha value is -1.14. The van der Waals surface area contributed by atoms with Crippen molar-refractivity contribution in [3.05, 3.63) is 24.3 Å². The first kappa shape index (κ1) is 7.97. The fourth-order valence-corrected chi connectivity index (χ4v) is 0.573. The first-order valence-electron chi connectivity index (χ1n) is 2.83. The van der Waals surface area contributed by atoms with E-state index in [1.165, 1.54) is 18.3 Å². The van der Waals surface area contributed by atoms with Gasteiger partial charge >= 0.3 is 7.32 Å². The van der Waals surface area contributed by atoms with Gasteiger partial charge < -0.3 is 14.7 Å². The Morgan fingerprint density at radius 1 is 1.55 bits per heavy atom. The topological polar surface area (TPSA) is 62.6 Å². The van der Waals surface area contributed by atoms with Crippen LogP contribution in [0.5, 0.6) is 5.75 Å². The maximum absolute atomic E-state index is 12.5. The van der Waals surface area contributed by atoms with Crippen molar-refractivity contribution in [1.29, 1.82) is 0 Å². The third-order valence-electron chi connectivity index (χ3n) is 0.957. The number of hydrogen-bond donors (Lipinski definition) is 2. The number of hydrogen-bond acceptors (Lipinski definition) is 4. The molecule has 11 heavy (non-hydrogen) atoms. The second-order valence-electron chi connectivity index (χ2n) is 1.74. The van der Waals surface area contributed by atoms with Crippen LogP contribution in [0.1, 0.15) is 0 Å². The molecule has 0 bridgehead atoms. The van der Waals surface area contributed by atoms with Crippen LogP contribution >= 0.6 is 0 Å². The molecule has 0 aliphatic carbocycles. The molecule has 0 spiro atoms. The lowest BCUT2D eigenvalue weighted by molar-refractivity contribution is 0.280. The van der Waals surface area contributed by atoms with E-state index in [9.17, 15) is 4.39 Å². The van der Waals surface area contributed by atoms with Gasteiger partial charge in [0, 0.05) is 6.20 Å². The summed E-state index contributed by atoms with van der Waals surface area (Å²) in [6.45, 7) is 0. The van der Waals surface area contributed by atoms with Crippen molar-refractivity contribution >= 4 is 7.32 Å². The van der Waals surface area contributed by atoms with E-state index < -0.39 is 13.3 Å². The second kappa shape index (κ2) is 3.31. The van der Waals surface area contributed by atoms with Gasteiger partial charge in [-0.2, -0.15) is 4.39 Å². The molecule has 0 atom stereocenters. The zero-order valence-corrected chi connectivity index (χ0v) is 5.44. The zero-order chi connectivity index (χ0) is 8.27. The normalized spacial score (nSPS) is 9.36. The van der Waals surface area contributed by atoms with Crippen molar-refractivity contribution in [3.8, 4) is 5.75 Å². The summed E-state index contributed by atoms with van der Waals surface area (Å²) >= 11 is 0. The van der Waals surface area contributed by atoms with Crippen LogP contribution in [-0.4, -0.2) is 22.4 Å². The van der Waals surface area contributed by atoms with E-state index >= 15 is 0 Å². The summed E-state index contributed by atoms with van der Waals surface area (Å²) in [5.74, 6) is -1.16. The monoisotopic (exact) mass is 157 g/mol. The first-order chi connectivity index (χ1) is 5.20. The molecule has 0 radical (unpaired) electrons. The molecule has 1 rings (SSSR count). The summed E-state index contributed by atoms with van der Waals surface area (Å²) < 4.78 is 16.7. The fourth-order valence-electron chi connectivity index (χ4n) is 0.573. The third kappa shape index (κ3) is 2.17. The summed E-state index contributed by atoms with van der Waals surface area (Å²) in [4.78, 5) is 3.22. The SMILES string of the molecule is OB(O)Oc1cccnc1F. The molecule has 0 saturated heterocycles. The number of aromatic nitrogens is 1. The molecule has 0 aromatic carbocycles. The van der Waals surface area contributed by atoms with Crippen LogP contribution in [0.3, 0.4) is 0 Å². The van der Waals surface area contributed by atoms with E-state index in [-0.39, 0.29) is 5.75 Å². The lowest BCUT2D eigenvalue weighted by atomic mass is 10.2. The van der Waals surface area contributed by atoms with Crippen molar-refractivity contribution in [2.75, 3.05) is 0 Å². The van der Waals surface area contributed by atoms with E-state index in [1.54, 1.807) is 0 Å². The summed E-state index contributed by atoms with van der Waals surface area (Å²) in [6, 6.07) is 2.66. The molecule has 0 amide bonds. The summed E-state index contributed by atoms with van der Waals surface area (Å²) in [6.07, 6.45) is 1.23. The number of rotatable bonds is 2. The van der Waals surface area contributed by atoms with Crippen LogP contribution in [-0.2, 0) is 0 Å². The van der Waals surface area contributed by atoms with Gasteiger partial charge in [0.25, 0.3) is 5.95 Å². The second-order valence-corrected chi connectivity index (χ2v) is 1.74. The van der Waals surface area contributed by atoms with Gasteiger partial charge in [-0.3, -0.25) is 0 Å². The number of halogens is 1. The predicted molar refractivity (Wildman–Crippen MR) is 35.0 cm³/mol. The van der Waals surface area contributed by atoms with Crippen molar-refractivity contribution in [3.63, 3.8) is 0 Å². The zero-order valence-electron chi connectivity index (χ0n) is 5.44. The van der Waals surface area contributed by atoms with E-state index in [1.807, 2.05) is 0 Å². The minimum Gasteiger partial charge on any atom is -0.508 e. The molecular formula is C5H5BFNO3. The Bertz CT molecular complexity index is 245. The van der Waals surface area contributed by atoms with Crippen LogP contribution in [0, 0.1) is 5.95 Å². The van der Waals surface area contributed by atoms with Gasteiger partial charge in [-0.05, 0) is 12.1 Å². The number of nitrogens with zero attached hydrogens (tertiary/aromatic N) is 1. The molecule has 6 heteroatoms. The van der Waals surface area contributed by atoms with E-state index in [4.69, 9.17) is 10.0 Å². The first-order valence-corrected chi connectivity index (χ1v) is 2.83. The largest absolute Gasteiger partial charge is 0.707 e. The number of pyridine rings is 1. The van der Waals surface area contributed by atoms with E-state index in [0.717, 1.165) is 0 Å². The minimum absolute atomic E-state index is 0.289. The van der Waals surface area contributed by atoms with E-state index in [0.29, 0.717) is 0 Å². The van der Waals surface area contributed by atoms with Crippen LogP contribution in [0.4, 0.5) is 4.39 Å². The third-order valence-corrected chi connectivity index (χ3v) is 0.957. The lowest BCUT2D eigenvalue weighted by Gasteiger charge is -2.02. The van der Waals surface area contributed by atoms with Crippen molar-refractivity contribution in [2.45, 2.75) is 0 Å². The molecule has 58 valence electrons. The molecule has 1 aromatic rings.